The fraction of sp³-hybridized carbons (Fsp3) is 0.368. The third kappa shape index (κ3) is 4.49. The largest absolute Gasteiger partial charge is 0.506 e. The lowest BCUT2D eigenvalue weighted by atomic mass is 10.2. The van der Waals surface area contributed by atoms with E-state index in [1.165, 1.54) is 12.1 Å². The van der Waals surface area contributed by atoms with E-state index < -0.39 is 63.0 Å². The third-order valence-electron chi connectivity index (χ3n) is 4.80. The van der Waals surface area contributed by atoms with E-state index in [0.29, 0.717) is 24.5 Å². The van der Waals surface area contributed by atoms with Crippen LogP contribution in [0.4, 0.5) is 30.2 Å². The van der Waals surface area contributed by atoms with Gasteiger partial charge in [0, 0.05) is 6.07 Å². The zero-order chi connectivity index (χ0) is 21.3. The van der Waals surface area contributed by atoms with E-state index in [9.17, 15) is 27.6 Å². The van der Waals surface area contributed by atoms with Crippen molar-refractivity contribution in [3.05, 3.63) is 47.3 Å². The Morgan fingerprint density at radius 1 is 1.17 bits per heavy atom. The standard InChI is InChI=1S/C19H21F3N2O4S/c1-10-2-3-14(12(20)6-10)23-18-16(22)13(21)7-15(27)17(18)24-29(28)19(4-5-19)8-11(26)9-25/h2-3,6-7,11,23-27H,4-5,8-9H2,1H3. The maximum absolute atomic E-state index is 14.5. The summed E-state index contributed by atoms with van der Waals surface area (Å²) in [6, 6.07) is 4.60. The van der Waals surface area contributed by atoms with Crippen LogP contribution in [0.15, 0.2) is 24.3 Å². The number of hydrogen-bond acceptors (Lipinski definition) is 5. The van der Waals surface area contributed by atoms with Crippen LogP contribution in [0.3, 0.4) is 0 Å². The van der Waals surface area contributed by atoms with Gasteiger partial charge in [-0.3, -0.25) is 4.72 Å². The van der Waals surface area contributed by atoms with Gasteiger partial charge in [0.05, 0.1) is 23.1 Å². The summed E-state index contributed by atoms with van der Waals surface area (Å²) >= 11 is 0. The van der Waals surface area contributed by atoms with Gasteiger partial charge in [-0.15, -0.1) is 0 Å². The number of nitrogens with one attached hydrogen (secondary N) is 2. The minimum atomic E-state index is -1.90. The summed E-state index contributed by atoms with van der Waals surface area (Å²) in [6.07, 6.45) is -0.100. The SMILES string of the molecule is Cc1ccc(Nc2c(F)c(F)cc(O)c2NS(=O)C2(CC(O)CO)CC2)c(F)c1. The van der Waals surface area contributed by atoms with Crippen LogP contribution in [-0.4, -0.2) is 37.0 Å². The van der Waals surface area contributed by atoms with Crippen molar-refractivity contribution in [2.75, 3.05) is 16.6 Å². The van der Waals surface area contributed by atoms with Gasteiger partial charge in [0.25, 0.3) is 0 Å². The Bertz CT molecular complexity index is 954. The number of rotatable bonds is 8. The van der Waals surface area contributed by atoms with Gasteiger partial charge in [-0.2, -0.15) is 0 Å². The maximum atomic E-state index is 14.5. The van der Waals surface area contributed by atoms with Gasteiger partial charge in [-0.1, -0.05) is 6.07 Å². The van der Waals surface area contributed by atoms with Gasteiger partial charge in [-0.25, -0.2) is 17.4 Å². The van der Waals surface area contributed by atoms with Gasteiger partial charge in [0.15, 0.2) is 11.6 Å². The van der Waals surface area contributed by atoms with Crippen molar-refractivity contribution < 1.29 is 32.7 Å². The maximum Gasteiger partial charge on any atom is 0.184 e. The smallest absolute Gasteiger partial charge is 0.184 e. The fourth-order valence-corrected chi connectivity index (χ4v) is 4.41. The zero-order valence-electron chi connectivity index (χ0n) is 15.5. The molecular weight excluding hydrogens is 409 g/mol. The van der Waals surface area contributed by atoms with Crippen molar-refractivity contribution >= 4 is 28.0 Å². The minimum absolute atomic E-state index is 0.0307. The number of phenols is 1. The molecule has 0 heterocycles. The molecule has 3 rings (SSSR count). The molecule has 2 atom stereocenters. The molecule has 2 aromatic carbocycles. The Morgan fingerprint density at radius 2 is 1.86 bits per heavy atom. The number of aromatic hydroxyl groups is 1. The average molecular weight is 430 g/mol. The van der Waals surface area contributed by atoms with Gasteiger partial charge < -0.3 is 20.6 Å². The summed E-state index contributed by atoms with van der Waals surface area (Å²) in [4.78, 5) is 0. The molecule has 158 valence electrons. The molecule has 0 spiro atoms. The van der Waals surface area contributed by atoms with Crippen molar-refractivity contribution in [3.63, 3.8) is 0 Å². The Morgan fingerprint density at radius 3 is 2.45 bits per heavy atom. The number of hydrogen-bond donors (Lipinski definition) is 5. The second-order valence-electron chi connectivity index (χ2n) is 7.14. The predicted molar refractivity (Wildman–Crippen MR) is 104 cm³/mol. The lowest BCUT2D eigenvalue weighted by Crippen LogP contribution is -2.30. The number of halogens is 3. The van der Waals surface area contributed by atoms with Crippen LogP contribution in [0.1, 0.15) is 24.8 Å². The highest BCUT2D eigenvalue weighted by molar-refractivity contribution is 7.88. The van der Waals surface area contributed by atoms with Crippen molar-refractivity contribution in [1.29, 1.82) is 0 Å². The first kappa shape index (κ1) is 21.4. The van der Waals surface area contributed by atoms with Crippen LogP contribution >= 0.6 is 0 Å². The van der Waals surface area contributed by atoms with E-state index in [0.717, 1.165) is 0 Å². The highest BCUT2D eigenvalue weighted by atomic mass is 32.2. The third-order valence-corrected chi connectivity index (χ3v) is 6.55. The second kappa shape index (κ2) is 8.21. The van der Waals surface area contributed by atoms with Gasteiger partial charge in [0.2, 0.25) is 0 Å². The molecule has 1 saturated carbocycles. The van der Waals surface area contributed by atoms with E-state index in [1.807, 2.05) is 0 Å². The summed E-state index contributed by atoms with van der Waals surface area (Å²) in [5.41, 5.74) is -0.539. The predicted octanol–water partition coefficient (Wildman–Crippen LogP) is 3.21. The molecule has 10 heteroatoms. The molecule has 2 unspecified atom stereocenters. The number of aliphatic hydroxyl groups is 2. The van der Waals surface area contributed by atoms with Gasteiger partial charge >= 0.3 is 0 Å². The molecule has 1 aliphatic rings. The highest BCUT2D eigenvalue weighted by Crippen LogP contribution is 2.47. The Hall–Kier alpha value is -2.30. The van der Waals surface area contributed by atoms with E-state index in [2.05, 4.69) is 10.0 Å². The molecule has 0 aromatic heterocycles. The number of anilines is 3. The summed E-state index contributed by atoms with van der Waals surface area (Å²) in [5.74, 6) is -4.19. The monoisotopic (exact) mass is 430 g/mol. The molecule has 0 radical (unpaired) electrons. The Kier molecular flexibility index (Phi) is 6.06. The van der Waals surface area contributed by atoms with Crippen LogP contribution in [0.2, 0.25) is 0 Å². The van der Waals surface area contributed by atoms with Gasteiger partial charge in [-0.05, 0) is 43.9 Å². The van der Waals surface area contributed by atoms with Crippen molar-refractivity contribution in [2.24, 2.45) is 0 Å². The fourth-order valence-electron chi connectivity index (χ4n) is 2.99. The van der Waals surface area contributed by atoms with Gasteiger partial charge in [0.1, 0.15) is 33.9 Å². The number of aliphatic hydroxyl groups excluding tert-OH is 2. The number of aryl methyl sites for hydroxylation is 1. The van der Waals surface area contributed by atoms with Crippen LogP contribution in [0, 0.1) is 24.4 Å². The average Bonchev–Trinajstić information content (AvgIpc) is 3.44. The van der Waals surface area contributed by atoms with E-state index in [1.54, 1.807) is 13.0 Å². The van der Waals surface area contributed by atoms with E-state index in [-0.39, 0.29) is 12.1 Å². The number of benzene rings is 2. The lowest BCUT2D eigenvalue weighted by molar-refractivity contribution is 0.0862. The Labute approximate surface area is 168 Å². The van der Waals surface area contributed by atoms with Crippen LogP contribution in [0.5, 0.6) is 5.75 Å². The Balaban J connectivity index is 1.94. The lowest BCUT2D eigenvalue weighted by Gasteiger charge is -2.21. The molecule has 1 fully saturated rings. The topological polar surface area (TPSA) is 102 Å². The number of phenolic OH excluding ortho intramolecular Hbond substituents is 1. The molecule has 5 N–H and O–H groups in total. The van der Waals surface area contributed by atoms with Crippen molar-refractivity contribution in [1.82, 2.24) is 0 Å². The van der Waals surface area contributed by atoms with Crippen LogP contribution < -0.4 is 10.0 Å². The summed E-state index contributed by atoms with van der Waals surface area (Å²) in [6.45, 7) is 1.16. The summed E-state index contributed by atoms with van der Waals surface area (Å²) in [5, 5.41) is 31.2. The van der Waals surface area contributed by atoms with Crippen molar-refractivity contribution in [2.45, 2.75) is 37.0 Å². The molecule has 29 heavy (non-hydrogen) atoms. The molecule has 0 amide bonds. The molecule has 1 aliphatic carbocycles. The normalized spacial score (nSPS) is 16.9. The highest BCUT2D eigenvalue weighted by Gasteiger charge is 2.50. The molecule has 2 aromatic rings. The van der Waals surface area contributed by atoms with E-state index in [4.69, 9.17) is 5.11 Å². The molecule has 0 saturated heterocycles. The summed E-state index contributed by atoms with van der Waals surface area (Å²) in [7, 11) is -1.90. The summed E-state index contributed by atoms with van der Waals surface area (Å²) < 4.78 is 56.9. The molecule has 6 nitrogen and oxygen atoms in total. The van der Waals surface area contributed by atoms with Crippen LogP contribution in [-0.2, 0) is 11.0 Å². The minimum Gasteiger partial charge on any atom is -0.506 e. The molecule has 0 aliphatic heterocycles. The first-order valence-electron chi connectivity index (χ1n) is 8.88. The second-order valence-corrected chi connectivity index (χ2v) is 8.75. The molecular formula is C19H21F3N2O4S. The quantitative estimate of drug-likeness (QED) is 0.414. The van der Waals surface area contributed by atoms with Crippen molar-refractivity contribution in [3.8, 4) is 5.75 Å². The van der Waals surface area contributed by atoms with E-state index >= 15 is 0 Å². The van der Waals surface area contributed by atoms with Crippen LogP contribution in [0.25, 0.3) is 0 Å². The first-order chi connectivity index (χ1) is 13.7. The first-order valence-corrected chi connectivity index (χ1v) is 10.0. The zero-order valence-corrected chi connectivity index (χ0v) is 16.3. The molecule has 0 bridgehead atoms.